The summed E-state index contributed by atoms with van der Waals surface area (Å²) in [6, 6.07) is 6.54. The van der Waals surface area contributed by atoms with Crippen molar-refractivity contribution in [1.82, 2.24) is 4.90 Å². The maximum Gasteiger partial charge on any atom is 0.0577 e. The van der Waals surface area contributed by atoms with Crippen molar-refractivity contribution in [2.75, 3.05) is 31.7 Å². The standard InChI is InChI=1S/C13H22IN3/c1-9(2)13(8-17(3)4)16-12-6-5-10(14)7-11(12)15/h5-7,9,13,16H,8,15H2,1-4H3. The van der Waals surface area contributed by atoms with Crippen LogP contribution in [0.15, 0.2) is 18.2 Å². The number of rotatable bonds is 5. The molecule has 1 aromatic rings. The van der Waals surface area contributed by atoms with Gasteiger partial charge in [-0.05, 0) is 60.8 Å². The van der Waals surface area contributed by atoms with Crippen LogP contribution in [0, 0.1) is 9.49 Å². The Morgan fingerprint density at radius 3 is 2.47 bits per heavy atom. The van der Waals surface area contributed by atoms with Gasteiger partial charge in [0.1, 0.15) is 0 Å². The molecule has 0 aliphatic carbocycles. The maximum atomic E-state index is 6.02. The summed E-state index contributed by atoms with van der Waals surface area (Å²) in [5, 5.41) is 3.54. The third-order valence-electron chi connectivity index (χ3n) is 2.72. The Morgan fingerprint density at radius 2 is 2.00 bits per heavy atom. The Kier molecular flexibility index (Phi) is 5.52. The van der Waals surface area contributed by atoms with E-state index in [0.717, 1.165) is 17.9 Å². The van der Waals surface area contributed by atoms with Gasteiger partial charge >= 0.3 is 0 Å². The molecule has 1 unspecified atom stereocenters. The first kappa shape index (κ1) is 14.6. The third kappa shape index (κ3) is 4.71. The van der Waals surface area contributed by atoms with E-state index in [4.69, 9.17) is 5.73 Å². The molecule has 1 atom stereocenters. The van der Waals surface area contributed by atoms with Gasteiger partial charge in [-0.25, -0.2) is 0 Å². The van der Waals surface area contributed by atoms with Gasteiger partial charge in [0.15, 0.2) is 0 Å². The SMILES string of the molecule is CC(C)C(CN(C)C)Nc1ccc(I)cc1N. The fourth-order valence-corrected chi connectivity index (χ4v) is 2.20. The lowest BCUT2D eigenvalue weighted by molar-refractivity contribution is 0.344. The lowest BCUT2D eigenvalue weighted by Crippen LogP contribution is -2.36. The average Bonchev–Trinajstić information content (AvgIpc) is 2.19. The second-order valence-electron chi connectivity index (χ2n) is 4.99. The first-order valence-corrected chi connectivity index (χ1v) is 6.94. The number of hydrogen-bond donors (Lipinski definition) is 2. The van der Waals surface area contributed by atoms with Crippen molar-refractivity contribution in [1.29, 1.82) is 0 Å². The highest BCUT2D eigenvalue weighted by Crippen LogP contribution is 2.23. The second kappa shape index (κ2) is 6.44. The summed E-state index contributed by atoms with van der Waals surface area (Å²) in [5.74, 6) is 0.566. The lowest BCUT2D eigenvalue weighted by Gasteiger charge is -2.27. The van der Waals surface area contributed by atoms with E-state index in [1.807, 2.05) is 6.07 Å². The molecule has 0 amide bonds. The molecular formula is C13H22IN3. The highest BCUT2D eigenvalue weighted by molar-refractivity contribution is 14.1. The second-order valence-corrected chi connectivity index (χ2v) is 6.23. The first-order valence-electron chi connectivity index (χ1n) is 5.86. The molecule has 96 valence electrons. The monoisotopic (exact) mass is 347 g/mol. The highest BCUT2D eigenvalue weighted by atomic mass is 127. The van der Waals surface area contributed by atoms with Gasteiger partial charge in [0.05, 0.1) is 11.4 Å². The number of hydrogen-bond acceptors (Lipinski definition) is 3. The number of nitrogen functional groups attached to an aromatic ring is 1. The van der Waals surface area contributed by atoms with Crippen LogP contribution in [0.5, 0.6) is 0 Å². The number of nitrogens with one attached hydrogen (secondary N) is 1. The Bertz CT molecular complexity index is 364. The van der Waals surface area contributed by atoms with Gasteiger partial charge in [-0.15, -0.1) is 0 Å². The molecule has 0 saturated heterocycles. The molecule has 0 aliphatic rings. The van der Waals surface area contributed by atoms with Gasteiger partial charge in [-0.3, -0.25) is 0 Å². The van der Waals surface area contributed by atoms with Crippen molar-refractivity contribution in [3.63, 3.8) is 0 Å². The van der Waals surface area contributed by atoms with Gasteiger partial charge in [-0.2, -0.15) is 0 Å². The summed E-state index contributed by atoms with van der Waals surface area (Å²) in [6.45, 7) is 5.46. The van der Waals surface area contributed by atoms with E-state index >= 15 is 0 Å². The summed E-state index contributed by atoms with van der Waals surface area (Å²) in [5.41, 5.74) is 7.87. The molecule has 17 heavy (non-hydrogen) atoms. The lowest BCUT2D eigenvalue weighted by atomic mass is 10.0. The molecule has 1 rings (SSSR count). The predicted octanol–water partition coefficient (Wildman–Crippen LogP) is 2.87. The molecule has 1 aromatic carbocycles. The van der Waals surface area contributed by atoms with E-state index < -0.39 is 0 Å². The Labute approximate surface area is 118 Å². The Balaban J connectivity index is 2.78. The molecule has 0 radical (unpaired) electrons. The topological polar surface area (TPSA) is 41.3 Å². The Hall–Kier alpha value is -0.490. The summed E-state index contributed by atoms with van der Waals surface area (Å²) >= 11 is 2.27. The number of nitrogens with two attached hydrogens (primary N) is 1. The van der Waals surface area contributed by atoms with Crippen LogP contribution in [0.1, 0.15) is 13.8 Å². The summed E-state index contributed by atoms with van der Waals surface area (Å²) < 4.78 is 1.17. The molecule has 0 heterocycles. The number of anilines is 2. The van der Waals surface area contributed by atoms with Gasteiger partial charge in [-0.1, -0.05) is 13.8 Å². The zero-order valence-electron chi connectivity index (χ0n) is 11.0. The van der Waals surface area contributed by atoms with Gasteiger partial charge in [0.2, 0.25) is 0 Å². The minimum atomic E-state index is 0.410. The van der Waals surface area contributed by atoms with Crippen LogP contribution in [0.3, 0.4) is 0 Å². The summed E-state index contributed by atoms with van der Waals surface area (Å²) in [7, 11) is 4.18. The highest BCUT2D eigenvalue weighted by Gasteiger charge is 2.15. The van der Waals surface area contributed by atoms with Crippen molar-refractivity contribution in [2.24, 2.45) is 5.92 Å². The third-order valence-corrected chi connectivity index (χ3v) is 3.39. The van der Waals surface area contributed by atoms with E-state index in [1.54, 1.807) is 0 Å². The van der Waals surface area contributed by atoms with Gasteiger partial charge in [0, 0.05) is 16.2 Å². The van der Waals surface area contributed by atoms with Crippen LogP contribution in [-0.2, 0) is 0 Å². The summed E-state index contributed by atoms with van der Waals surface area (Å²) in [6.07, 6.45) is 0. The molecule has 3 N–H and O–H groups in total. The molecule has 0 bridgehead atoms. The van der Waals surface area contributed by atoms with Crippen LogP contribution in [0.2, 0.25) is 0 Å². The molecule has 0 saturated carbocycles. The number of halogens is 1. The van der Waals surface area contributed by atoms with Crippen LogP contribution in [0.25, 0.3) is 0 Å². The van der Waals surface area contributed by atoms with Crippen LogP contribution < -0.4 is 11.1 Å². The van der Waals surface area contributed by atoms with Crippen molar-refractivity contribution in [3.8, 4) is 0 Å². The van der Waals surface area contributed by atoms with Crippen molar-refractivity contribution in [3.05, 3.63) is 21.8 Å². The van der Waals surface area contributed by atoms with Crippen molar-refractivity contribution >= 4 is 34.0 Å². The molecule has 0 spiro atoms. The fourth-order valence-electron chi connectivity index (χ4n) is 1.68. The Morgan fingerprint density at radius 1 is 1.35 bits per heavy atom. The van der Waals surface area contributed by atoms with Crippen molar-refractivity contribution in [2.45, 2.75) is 19.9 Å². The van der Waals surface area contributed by atoms with E-state index in [1.165, 1.54) is 3.57 Å². The molecule has 4 heteroatoms. The predicted molar refractivity (Wildman–Crippen MR) is 84.4 cm³/mol. The number of likely N-dealkylation sites (N-methyl/N-ethyl adjacent to an activating group) is 1. The van der Waals surface area contributed by atoms with Crippen LogP contribution in [0.4, 0.5) is 11.4 Å². The molecule has 0 aliphatic heterocycles. The zero-order valence-corrected chi connectivity index (χ0v) is 13.2. The zero-order chi connectivity index (χ0) is 13.0. The van der Waals surface area contributed by atoms with Crippen molar-refractivity contribution < 1.29 is 0 Å². The van der Waals surface area contributed by atoms with Gasteiger partial charge < -0.3 is 16.0 Å². The number of nitrogens with zero attached hydrogens (tertiary/aromatic N) is 1. The van der Waals surface area contributed by atoms with Crippen LogP contribution >= 0.6 is 22.6 Å². The maximum absolute atomic E-state index is 6.02. The average molecular weight is 347 g/mol. The largest absolute Gasteiger partial charge is 0.397 e. The molecule has 0 fully saturated rings. The quantitative estimate of drug-likeness (QED) is 0.636. The van der Waals surface area contributed by atoms with E-state index in [-0.39, 0.29) is 0 Å². The fraction of sp³-hybridized carbons (Fsp3) is 0.538. The van der Waals surface area contributed by atoms with Crippen LogP contribution in [-0.4, -0.2) is 31.6 Å². The van der Waals surface area contributed by atoms with E-state index in [9.17, 15) is 0 Å². The molecular weight excluding hydrogens is 325 g/mol. The molecule has 3 nitrogen and oxygen atoms in total. The van der Waals surface area contributed by atoms with E-state index in [0.29, 0.717) is 12.0 Å². The van der Waals surface area contributed by atoms with E-state index in [2.05, 4.69) is 72.9 Å². The minimum absolute atomic E-state index is 0.410. The first-order chi connectivity index (χ1) is 7.90. The normalized spacial score (nSPS) is 13.1. The molecule has 0 aromatic heterocycles. The smallest absolute Gasteiger partial charge is 0.0577 e. The van der Waals surface area contributed by atoms with Gasteiger partial charge in [0.25, 0.3) is 0 Å². The minimum Gasteiger partial charge on any atom is -0.397 e. The summed E-state index contributed by atoms with van der Waals surface area (Å²) in [4.78, 5) is 2.19. The number of benzene rings is 1.